The Balaban J connectivity index is 1.47. The fourth-order valence-corrected chi connectivity index (χ4v) is 5.10. The number of hydrogen-bond donors (Lipinski definition) is 0. The van der Waals surface area contributed by atoms with Crippen molar-refractivity contribution in [3.63, 3.8) is 0 Å². The summed E-state index contributed by atoms with van der Waals surface area (Å²) in [6.45, 7) is 9.16. The molecule has 3 fully saturated rings. The Kier molecular flexibility index (Phi) is 4.42. The number of imidazole rings is 1. The van der Waals surface area contributed by atoms with Gasteiger partial charge in [-0.25, -0.2) is 9.78 Å². The Bertz CT molecular complexity index is 1120. The first-order chi connectivity index (χ1) is 14.3. The molecule has 3 saturated heterocycles. The van der Waals surface area contributed by atoms with E-state index in [1.807, 2.05) is 11.6 Å². The Morgan fingerprint density at radius 1 is 0.967 bits per heavy atom. The molecule has 1 aromatic carbocycles. The maximum atomic E-state index is 12.8. The summed E-state index contributed by atoms with van der Waals surface area (Å²) in [5.41, 5.74) is 3.07. The molecule has 158 valence electrons. The first-order valence-electron chi connectivity index (χ1n) is 11.0. The maximum Gasteiger partial charge on any atom is 0.330 e. The lowest BCUT2D eigenvalue weighted by Gasteiger charge is -2.53. The van der Waals surface area contributed by atoms with E-state index in [9.17, 15) is 4.79 Å². The van der Waals surface area contributed by atoms with Crippen LogP contribution in [0.2, 0.25) is 0 Å². The fraction of sp³-hybridized carbons (Fsp3) is 0.500. The molecule has 2 atom stereocenters. The second-order valence-electron chi connectivity index (χ2n) is 10.0. The van der Waals surface area contributed by atoms with Gasteiger partial charge in [-0.05, 0) is 42.5 Å². The van der Waals surface area contributed by atoms with Crippen molar-refractivity contribution in [2.24, 2.45) is 12.5 Å². The van der Waals surface area contributed by atoms with Gasteiger partial charge in [0, 0.05) is 44.5 Å². The van der Waals surface area contributed by atoms with E-state index in [1.54, 1.807) is 4.57 Å². The number of para-hydroxylation sites is 1. The summed E-state index contributed by atoms with van der Waals surface area (Å²) in [5.74, 6) is 0.994. The van der Waals surface area contributed by atoms with Crippen molar-refractivity contribution < 1.29 is 0 Å². The van der Waals surface area contributed by atoms with E-state index in [0.29, 0.717) is 18.6 Å². The number of hydrogen-bond acceptors (Lipinski definition) is 4. The second kappa shape index (κ2) is 6.89. The van der Waals surface area contributed by atoms with E-state index < -0.39 is 0 Å². The standard InChI is InChI=1S/C24H31N5O/c1-24(2,3)16-29-20-12-13-21(25-22(20)26(4)23(29)30)28-15-18-10-11-19(28)14-27(18)17-8-6-5-7-9-17/h5-9,12-13,18-19H,10-11,14-16H2,1-4H3. The zero-order chi connectivity index (χ0) is 21.0. The van der Waals surface area contributed by atoms with Gasteiger partial charge in [0.25, 0.3) is 0 Å². The van der Waals surface area contributed by atoms with Crippen molar-refractivity contribution in [3.8, 4) is 0 Å². The molecule has 0 spiro atoms. The number of aryl methyl sites for hydroxylation is 1. The van der Waals surface area contributed by atoms with E-state index in [2.05, 4.69) is 73.0 Å². The van der Waals surface area contributed by atoms with Gasteiger partial charge in [-0.2, -0.15) is 0 Å². The Labute approximate surface area is 177 Å². The molecule has 6 heteroatoms. The summed E-state index contributed by atoms with van der Waals surface area (Å²) in [6, 6.07) is 15.9. The summed E-state index contributed by atoms with van der Waals surface area (Å²) in [7, 11) is 1.83. The minimum atomic E-state index is 0.0139. The molecule has 5 heterocycles. The van der Waals surface area contributed by atoms with Crippen LogP contribution in [0.25, 0.3) is 11.2 Å². The molecule has 3 aliphatic heterocycles. The van der Waals surface area contributed by atoms with Crippen molar-refractivity contribution in [2.75, 3.05) is 22.9 Å². The second-order valence-corrected chi connectivity index (χ2v) is 10.0. The summed E-state index contributed by atoms with van der Waals surface area (Å²) >= 11 is 0. The van der Waals surface area contributed by atoms with Crippen LogP contribution in [0.15, 0.2) is 47.3 Å². The molecule has 2 bridgehead atoms. The van der Waals surface area contributed by atoms with Crippen LogP contribution in [0.5, 0.6) is 0 Å². The maximum absolute atomic E-state index is 12.8. The minimum Gasteiger partial charge on any atom is -0.365 e. The number of pyridine rings is 1. The molecule has 0 saturated carbocycles. The molecule has 0 N–H and O–H groups in total. The summed E-state index contributed by atoms with van der Waals surface area (Å²) < 4.78 is 3.56. The highest BCUT2D eigenvalue weighted by atomic mass is 16.1. The largest absolute Gasteiger partial charge is 0.365 e. The third kappa shape index (κ3) is 3.18. The number of piperazine rings is 1. The number of aromatic nitrogens is 3. The smallest absolute Gasteiger partial charge is 0.330 e. The normalized spacial score (nSPS) is 21.6. The molecule has 0 amide bonds. The average molecular weight is 406 g/mol. The highest BCUT2D eigenvalue weighted by molar-refractivity contribution is 5.74. The van der Waals surface area contributed by atoms with E-state index in [0.717, 1.165) is 30.1 Å². The van der Waals surface area contributed by atoms with Gasteiger partial charge in [-0.3, -0.25) is 9.13 Å². The quantitative estimate of drug-likeness (QED) is 0.667. The molecular formula is C24H31N5O. The fourth-order valence-electron chi connectivity index (χ4n) is 5.10. The lowest BCUT2D eigenvalue weighted by atomic mass is 9.90. The molecule has 6 rings (SSSR count). The molecule has 2 unspecified atom stereocenters. The van der Waals surface area contributed by atoms with Crippen LogP contribution in [0.4, 0.5) is 11.5 Å². The predicted octanol–water partition coefficient (Wildman–Crippen LogP) is 3.64. The van der Waals surface area contributed by atoms with Crippen molar-refractivity contribution in [2.45, 2.75) is 52.2 Å². The topological polar surface area (TPSA) is 46.3 Å². The van der Waals surface area contributed by atoms with Crippen molar-refractivity contribution in [3.05, 3.63) is 52.9 Å². The minimum absolute atomic E-state index is 0.0139. The summed E-state index contributed by atoms with van der Waals surface area (Å²) in [4.78, 5) is 22.8. The molecule has 6 nitrogen and oxygen atoms in total. The molecule has 0 aliphatic carbocycles. The van der Waals surface area contributed by atoms with Gasteiger partial charge in [0.05, 0.1) is 5.52 Å². The number of anilines is 2. The lowest BCUT2D eigenvalue weighted by molar-refractivity contribution is 0.332. The first-order valence-corrected chi connectivity index (χ1v) is 11.0. The number of piperidine rings is 2. The first kappa shape index (κ1) is 19.2. The van der Waals surface area contributed by atoms with Crippen LogP contribution in [0.3, 0.4) is 0 Å². The monoisotopic (exact) mass is 405 g/mol. The third-order valence-electron chi connectivity index (χ3n) is 6.51. The predicted molar refractivity (Wildman–Crippen MR) is 122 cm³/mol. The summed E-state index contributed by atoms with van der Waals surface area (Å²) in [6.07, 6.45) is 2.41. The SMILES string of the molecule is Cn1c(=O)n(CC(C)(C)C)c2ccc(N3CC4CCC3CN4c3ccccc3)nc21. The van der Waals surface area contributed by atoms with Crippen LogP contribution in [-0.4, -0.2) is 39.3 Å². The van der Waals surface area contributed by atoms with E-state index >= 15 is 0 Å². The molecule has 0 radical (unpaired) electrons. The Morgan fingerprint density at radius 2 is 1.63 bits per heavy atom. The number of fused-ring (bicyclic) bond motifs is 4. The highest BCUT2D eigenvalue weighted by Crippen LogP contribution is 2.35. The zero-order valence-corrected chi connectivity index (χ0v) is 18.4. The number of benzene rings is 1. The van der Waals surface area contributed by atoms with Gasteiger partial charge in [0.15, 0.2) is 5.65 Å². The zero-order valence-electron chi connectivity index (χ0n) is 18.4. The molecule has 3 aliphatic rings. The third-order valence-corrected chi connectivity index (χ3v) is 6.51. The van der Waals surface area contributed by atoms with Crippen LogP contribution >= 0.6 is 0 Å². The van der Waals surface area contributed by atoms with Crippen molar-refractivity contribution >= 4 is 22.7 Å². The highest BCUT2D eigenvalue weighted by Gasteiger charge is 2.39. The van der Waals surface area contributed by atoms with Gasteiger partial charge in [-0.15, -0.1) is 0 Å². The van der Waals surface area contributed by atoms with Crippen molar-refractivity contribution in [1.29, 1.82) is 0 Å². The summed E-state index contributed by atoms with van der Waals surface area (Å²) in [5, 5.41) is 0. The lowest BCUT2D eigenvalue weighted by Crippen LogP contribution is -2.63. The van der Waals surface area contributed by atoms with Crippen molar-refractivity contribution in [1.82, 2.24) is 14.1 Å². The number of nitrogens with zero attached hydrogens (tertiary/aromatic N) is 5. The molecule has 3 aromatic rings. The van der Waals surface area contributed by atoms with Crippen LogP contribution < -0.4 is 15.5 Å². The molecular weight excluding hydrogens is 374 g/mol. The van der Waals surface area contributed by atoms with E-state index in [4.69, 9.17) is 4.98 Å². The molecule has 30 heavy (non-hydrogen) atoms. The van der Waals surface area contributed by atoms with Gasteiger partial charge >= 0.3 is 5.69 Å². The van der Waals surface area contributed by atoms with Crippen LogP contribution in [-0.2, 0) is 13.6 Å². The van der Waals surface area contributed by atoms with E-state index in [1.165, 1.54) is 18.5 Å². The van der Waals surface area contributed by atoms with Gasteiger partial charge in [0.2, 0.25) is 0 Å². The van der Waals surface area contributed by atoms with E-state index in [-0.39, 0.29) is 11.1 Å². The van der Waals surface area contributed by atoms with Crippen LogP contribution in [0, 0.1) is 5.41 Å². The van der Waals surface area contributed by atoms with Gasteiger partial charge < -0.3 is 9.80 Å². The van der Waals surface area contributed by atoms with Gasteiger partial charge in [0.1, 0.15) is 5.82 Å². The number of rotatable bonds is 3. The van der Waals surface area contributed by atoms with Crippen LogP contribution in [0.1, 0.15) is 33.6 Å². The average Bonchev–Trinajstić information content (AvgIpc) is 2.98. The van der Waals surface area contributed by atoms with Gasteiger partial charge in [-0.1, -0.05) is 39.0 Å². The Hall–Kier alpha value is -2.76. The Morgan fingerprint density at radius 3 is 2.27 bits per heavy atom. The molecule has 2 aromatic heterocycles.